The van der Waals surface area contributed by atoms with Crippen LogP contribution in [-0.4, -0.2) is 15.5 Å². The van der Waals surface area contributed by atoms with Crippen LogP contribution < -0.4 is 10.1 Å². The van der Waals surface area contributed by atoms with Crippen molar-refractivity contribution in [3.05, 3.63) is 76.8 Å². The van der Waals surface area contributed by atoms with Gasteiger partial charge in [0.05, 0.1) is 6.33 Å². The molecule has 0 aliphatic carbocycles. The lowest BCUT2D eigenvalue weighted by molar-refractivity contribution is -0.114. The zero-order valence-electron chi connectivity index (χ0n) is 15.4. The molecule has 28 heavy (non-hydrogen) atoms. The van der Waals surface area contributed by atoms with Gasteiger partial charge in [-0.15, -0.1) is 0 Å². The van der Waals surface area contributed by atoms with E-state index in [4.69, 9.17) is 27.9 Å². The number of hydrogen-bond acceptors (Lipinski definition) is 3. The van der Waals surface area contributed by atoms with Gasteiger partial charge >= 0.3 is 0 Å². The molecule has 0 saturated heterocycles. The molecule has 146 valence electrons. The highest BCUT2D eigenvalue weighted by Gasteiger charge is 2.17. The molecular formula is C21H21Cl2N3O2. The summed E-state index contributed by atoms with van der Waals surface area (Å²) in [5.41, 5.74) is 1.61. The van der Waals surface area contributed by atoms with Crippen molar-refractivity contribution in [1.29, 1.82) is 0 Å². The number of nitrogens with zero attached hydrogens (tertiary/aromatic N) is 2. The van der Waals surface area contributed by atoms with Gasteiger partial charge in [-0.2, -0.15) is 0 Å². The first-order valence-electron chi connectivity index (χ1n) is 8.96. The van der Waals surface area contributed by atoms with Gasteiger partial charge < -0.3 is 14.6 Å². The van der Waals surface area contributed by atoms with Crippen molar-refractivity contribution in [2.75, 3.05) is 5.32 Å². The summed E-state index contributed by atoms with van der Waals surface area (Å²) >= 11 is 12.5. The summed E-state index contributed by atoms with van der Waals surface area (Å²) < 4.78 is 8.27. The van der Waals surface area contributed by atoms with Crippen LogP contribution in [0.1, 0.15) is 31.4 Å². The average molecular weight is 418 g/mol. The molecule has 0 fully saturated rings. The molecule has 0 spiro atoms. The number of aromatic nitrogens is 2. The Hall–Kier alpha value is -2.50. The van der Waals surface area contributed by atoms with Gasteiger partial charge in [-0.1, -0.05) is 29.3 Å². The minimum Gasteiger partial charge on any atom is -0.486 e. The number of nitrogens with one attached hydrogen (secondary N) is 1. The topological polar surface area (TPSA) is 56.1 Å². The summed E-state index contributed by atoms with van der Waals surface area (Å²) in [6.07, 6.45) is 6.94. The number of benzene rings is 2. The average Bonchev–Trinajstić information content (AvgIpc) is 3.16. The smallest absolute Gasteiger partial charge is 0.221 e. The molecule has 0 aliphatic heterocycles. The number of anilines is 1. The molecule has 0 bridgehead atoms. The summed E-state index contributed by atoms with van der Waals surface area (Å²) in [6.45, 7) is 2.32. The van der Waals surface area contributed by atoms with Crippen LogP contribution in [-0.2, 0) is 11.3 Å². The summed E-state index contributed by atoms with van der Waals surface area (Å²) in [5, 5.41) is 3.91. The molecule has 7 heteroatoms. The monoisotopic (exact) mass is 417 g/mol. The van der Waals surface area contributed by atoms with Crippen LogP contribution in [0.3, 0.4) is 0 Å². The molecule has 1 N–H and O–H groups in total. The maximum Gasteiger partial charge on any atom is 0.221 e. The van der Waals surface area contributed by atoms with Crippen LogP contribution in [0.4, 0.5) is 5.69 Å². The Labute approximate surface area is 174 Å². The molecule has 1 aromatic heterocycles. The second-order valence-corrected chi connectivity index (χ2v) is 7.26. The first-order valence-corrected chi connectivity index (χ1v) is 9.72. The number of hydrogen-bond donors (Lipinski definition) is 1. The molecule has 1 heterocycles. The van der Waals surface area contributed by atoms with Crippen LogP contribution in [0.25, 0.3) is 0 Å². The van der Waals surface area contributed by atoms with E-state index in [1.165, 1.54) is 6.92 Å². The lowest BCUT2D eigenvalue weighted by atomic mass is 10.0. The van der Waals surface area contributed by atoms with Crippen molar-refractivity contribution in [2.24, 2.45) is 0 Å². The zero-order valence-corrected chi connectivity index (χ0v) is 17.0. The molecule has 1 atom stereocenters. The fourth-order valence-corrected chi connectivity index (χ4v) is 3.43. The maximum atomic E-state index is 11.2. The van der Waals surface area contributed by atoms with Gasteiger partial charge in [-0.25, -0.2) is 4.98 Å². The Morgan fingerprint density at radius 2 is 2.00 bits per heavy atom. The van der Waals surface area contributed by atoms with Crippen LogP contribution in [0, 0.1) is 0 Å². The SMILES string of the molecule is CC(=O)Nc1ccc(OC(CCCn2ccnc2)c2ccc(Cl)cc2Cl)cc1. The highest BCUT2D eigenvalue weighted by molar-refractivity contribution is 6.35. The number of carbonyl (C=O) groups excluding carboxylic acids is 1. The number of imidazole rings is 1. The normalized spacial score (nSPS) is 11.8. The fourth-order valence-electron chi connectivity index (χ4n) is 2.90. The fraction of sp³-hybridized carbons (Fsp3) is 0.238. The minimum atomic E-state index is -0.222. The van der Waals surface area contributed by atoms with Crippen molar-refractivity contribution in [3.8, 4) is 5.75 Å². The Kier molecular flexibility index (Phi) is 6.95. The van der Waals surface area contributed by atoms with Crippen molar-refractivity contribution >= 4 is 34.8 Å². The standard InChI is InChI=1S/C21H21Cl2N3O2/c1-15(27)25-17-5-7-18(8-6-17)28-21(3-2-11-26-12-10-24-14-26)19-9-4-16(22)13-20(19)23/h4-10,12-14,21H,2-3,11H2,1H3,(H,25,27). The van der Waals surface area contributed by atoms with E-state index in [1.807, 2.05) is 47.2 Å². The molecule has 1 unspecified atom stereocenters. The van der Waals surface area contributed by atoms with Crippen molar-refractivity contribution in [2.45, 2.75) is 32.4 Å². The largest absolute Gasteiger partial charge is 0.486 e. The molecule has 1 amide bonds. The van der Waals surface area contributed by atoms with Gasteiger partial charge in [0.15, 0.2) is 0 Å². The van der Waals surface area contributed by atoms with E-state index in [1.54, 1.807) is 18.6 Å². The third-order valence-corrected chi connectivity index (χ3v) is 4.77. The molecule has 0 saturated carbocycles. The number of ether oxygens (including phenoxy) is 1. The quantitative estimate of drug-likeness (QED) is 0.507. The first kappa shape index (κ1) is 20.2. The van der Waals surface area contributed by atoms with Gasteiger partial charge in [-0.3, -0.25) is 4.79 Å². The summed E-state index contributed by atoms with van der Waals surface area (Å²) in [5.74, 6) is 0.590. The predicted molar refractivity (Wildman–Crippen MR) is 112 cm³/mol. The van der Waals surface area contributed by atoms with Crippen LogP contribution in [0.2, 0.25) is 10.0 Å². The molecule has 5 nitrogen and oxygen atoms in total. The zero-order chi connectivity index (χ0) is 19.9. The van der Waals surface area contributed by atoms with E-state index in [0.717, 1.165) is 30.6 Å². The molecule has 3 aromatic rings. The van der Waals surface area contributed by atoms with Crippen molar-refractivity contribution in [1.82, 2.24) is 9.55 Å². The number of aryl methyl sites for hydroxylation is 1. The van der Waals surface area contributed by atoms with E-state index in [0.29, 0.717) is 15.8 Å². The number of carbonyl (C=O) groups is 1. The maximum absolute atomic E-state index is 11.2. The Balaban J connectivity index is 1.73. The van der Waals surface area contributed by atoms with Crippen LogP contribution >= 0.6 is 23.2 Å². The second-order valence-electron chi connectivity index (χ2n) is 6.42. The summed E-state index contributed by atoms with van der Waals surface area (Å²) in [6, 6.07) is 12.7. The van der Waals surface area contributed by atoms with Gasteiger partial charge in [0.2, 0.25) is 5.91 Å². The molecule has 0 radical (unpaired) electrons. The summed E-state index contributed by atoms with van der Waals surface area (Å²) in [4.78, 5) is 15.2. The predicted octanol–water partition coefficient (Wildman–Crippen LogP) is 5.75. The Bertz CT molecular complexity index is 912. The molecular weight excluding hydrogens is 397 g/mol. The van der Waals surface area contributed by atoms with Crippen LogP contribution in [0.5, 0.6) is 5.75 Å². The van der Waals surface area contributed by atoms with Crippen molar-refractivity contribution < 1.29 is 9.53 Å². The number of amides is 1. The highest BCUT2D eigenvalue weighted by Crippen LogP contribution is 2.33. The van der Waals surface area contributed by atoms with E-state index < -0.39 is 0 Å². The Morgan fingerprint density at radius 1 is 1.21 bits per heavy atom. The highest BCUT2D eigenvalue weighted by atomic mass is 35.5. The van der Waals surface area contributed by atoms with Gasteiger partial charge in [0, 0.05) is 47.2 Å². The van der Waals surface area contributed by atoms with Crippen LogP contribution in [0.15, 0.2) is 61.2 Å². The minimum absolute atomic E-state index is 0.112. The molecule has 3 rings (SSSR count). The van der Waals surface area contributed by atoms with E-state index in [2.05, 4.69) is 10.3 Å². The number of halogens is 2. The van der Waals surface area contributed by atoms with E-state index >= 15 is 0 Å². The lowest BCUT2D eigenvalue weighted by Gasteiger charge is -2.21. The molecule has 2 aromatic carbocycles. The van der Waals surface area contributed by atoms with Gasteiger partial charge in [0.25, 0.3) is 0 Å². The first-order chi connectivity index (χ1) is 13.5. The van der Waals surface area contributed by atoms with E-state index in [9.17, 15) is 4.79 Å². The van der Waals surface area contributed by atoms with E-state index in [-0.39, 0.29) is 12.0 Å². The summed E-state index contributed by atoms with van der Waals surface area (Å²) in [7, 11) is 0. The second kappa shape index (κ2) is 9.62. The molecule has 0 aliphatic rings. The third kappa shape index (κ3) is 5.75. The lowest BCUT2D eigenvalue weighted by Crippen LogP contribution is -2.10. The Morgan fingerprint density at radius 3 is 2.64 bits per heavy atom. The van der Waals surface area contributed by atoms with Crippen molar-refractivity contribution in [3.63, 3.8) is 0 Å². The van der Waals surface area contributed by atoms with Gasteiger partial charge in [0.1, 0.15) is 11.9 Å². The third-order valence-electron chi connectivity index (χ3n) is 4.20. The van der Waals surface area contributed by atoms with Gasteiger partial charge in [-0.05, 0) is 49.2 Å². The number of rotatable bonds is 8.